The molecular formula is C18H21ClN6O. The summed E-state index contributed by atoms with van der Waals surface area (Å²) in [5, 5.41) is 14.4. The molecule has 0 aliphatic rings. The number of hydrogen-bond acceptors (Lipinski definition) is 4. The minimum absolute atomic E-state index is 0.0819. The number of aromatic nitrogens is 3. The average molecular weight is 373 g/mol. The van der Waals surface area contributed by atoms with Crippen molar-refractivity contribution in [2.24, 2.45) is 4.99 Å². The minimum Gasteiger partial charge on any atom is -0.461 e. The van der Waals surface area contributed by atoms with Crippen LogP contribution in [0.25, 0.3) is 11.6 Å². The molecule has 0 saturated heterocycles. The van der Waals surface area contributed by atoms with E-state index >= 15 is 0 Å². The van der Waals surface area contributed by atoms with Gasteiger partial charge in [-0.1, -0.05) is 23.7 Å². The van der Waals surface area contributed by atoms with Gasteiger partial charge in [0, 0.05) is 11.6 Å². The number of nitrogens with zero attached hydrogens (tertiary/aromatic N) is 3. The Labute approximate surface area is 156 Å². The Morgan fingerprint density at radius 3 is 2.81 bits per heavy atom. The predicted molar refractivity (Wildman–Crippen MR) is 102 cm³/mol. The number of furan rings is 1. The van der Waals surface area contributed by atoms with Gasteiger partial charge in [-0.05, 0) is 43.7 Å². The molecule has 8 heteroatoms. The third-order valence-electron chi connectivity index (χ3n) is 3.73. The van der Waals surface area contributed by atoms with Crippen LogP contribution in [0.3, 0.4) is 0 Å². The Bertz CT molecular complexity index is 841. The van der Waals surface area contributed by atoms with Gasteiger partial charge in [-0.2, -0.15) is 0 Å². The highest BCUT2D eigenvalue weighted by Crippen LogP contribution is 2.16. The summed E-state index contributed by atoms with van der Waals surface area (Å²) in [6.45, 7) is 5.22. The van der Waals surface area contributed by atoms with E-state index in [2.05, 4.69) is 37.7 Å². The van der Waals surface area contributed by atoms with Gasteiger partial charge < -0.3 is 15.1 Å². The molecule has 0 radical (unpaired) electrons. The molecule has 2 heterocycles. The Kier molecular flexibility index (Phi) is 5.91. The first-order valence-electron chi connectivity index (χ1n) is 8.41. The van der Waals surface area contributed by atoms with Crippen molar-refractivity contribution in [3.63, 3.8) is 0 Å². The van der Waals surface area contributed by atoms with Gasteiger partial charge in [-0.25, -0.2) is 9.98 Å². The number of aromatic amines is 1. The highest BCUT2D eigenvalue weighted by atomic mass is 35.5. The van der Waals surface area contributed by atoms with E-state index in [4.69, 9.17) is 16.0 Å². The van der Waals surface area contributed by atoms with E-state index in [-0.39, 0.29) is 6.04 Å². The summed E-state index contributed by atoms with van der Waals surface area (Å²) < 4.78 is 5.29. The van der Waals surface area contributed by atoms with E-state index in [9.17, 15) is 0 Å². The average Bonchev–Trinajstić information content (AvgIpc) is 3.32. The third-order valence-corrected chi connectivity index (χ3v) is 3.98. The molecule has 2 aromatic heterocycles. The minimum atomic E-state index is 0.0819. The maximum absolute atomic E-state index is 5.95. The monoisotopic (exact) mass is 372 g/mol. The second-order valence-corrected chi connectivity index (χ2v) is 6.13. The van der Waals surface area contributed by atoms with E-state index in [0.717, 1.165) is 17.1 Å². The molecule has 1 atom stereocenters. The number of rotatable bonds is 6. The topological polar surface area (TPSA) is 91.1 Å². The predicted octanol–water partition coefficient (Wildman–Crippen LogP) is 3.53. The van der Waals surface area contributed by atoms with Crippen LogP contribution in [0.4, 0.5) is 0 Å². The van der Waals surface area contributed by atoms with Crippen LogP contribution in [0.5, 0.6) is 0 Å². The number of nitrogens with one attached hydrogen (secondary N) is 3. The standard InChI is InChI=1S/C18H21ClN6O/c1-3-20-18(22-12(2)13-6-8-14(19)9-7-13)21-11-16-23-17(25-24-16)15-5-4-10-26-15/h4-10,12H,3,11H2,1-2H3,(H2,20,21,22)(H,23,24,25). The van der Waals surface area contributed by atoms with Crippen molar-refractivity contribution >= 4 is 17.6 Å². The van der Waals surface area contributed by atoms with Crippen LogP contribution in [0.2, 0.25) is 5.02 Å². The number of hydrogen-bond donors (Lipinski definition) is 3. The number of benzene rings is 1. The zero-order valence-electron chi connectivity index (χ0n) is 14.7. The first-order chi connectivity index (χ1) is 12.7. The lowest BCUT2D eigenvalue weighted by Gasteiger charge is -2.18. The fraction of sp³-hybridized carbons (Fsp3) is 0.278. The van der Waals surface area contributed by atoms with Gasteiger partial charge >= 0.3 is 0 Å². The Morgan fingerprint density at radius 2 is 2.12 bits per heavy atom. The summed E-state index contributed by atoms with van der Waals surface area (Å²) in [5.41, 5.74) is 1.12. The lowest BCUT2D eigenvalue weighted by atomic mass is 10.1. The van der Waals surface area contributed by atoms with Crippen LogP contribution in [0, 0.1) is 0 Å². The van der Waals surface area contributed by atoms with E-state index in [1.54, 1.807) is 12.3 Å². The molecule has 7 nitrogen and oxygen atoms in total. The Balaban J connectivity index is 1.66. The fourth-order valence-corrected chi connectivity index (χ4v) is 2.52. The first-order valence-corrected chi connectivity index (χ1v) is 8.79. The zero-order valence-corrected chi connectivity index (χ0v) is 15.4. The molecule has 26 heavy (non-hydrogen) atoms. The van der Waals surface area contributed by atoms with Gasteiger partial charge in [0.15, 0.2) is 11.7 Å². The van der Waals surface area contributed by atoms with Crippen molar-refractivity contribution in [2.45, 2.75) is 26.4 Å². The highest BCUT2D eigenvalue weighted by molar-refractivity contribution is 6.30. The van der Waals surface area contributed by atoms with Crippen molar-refractivity contribution in [3.8, 4) is 11.6 Å². The number of aliphatic imine (C=N–C) groups is 1. The first kappa shape index (κ1) is 18.0. The number of halogens is 1. The number of H-pyrrole nitrogens is 1. The summed E-state index contributed by atoms with van der Waals surface area (Å²) in [7, 11) is 0. The molecule has 0 spiro atoms. The Morgan fingerprint density at radius 1 is 1.31 bits per heavy atom. The molecule has 1 aromatic carbocycles. The molecule has 0 fully saturated rings. The van der Waals surface area contributed by atoms with Crippen LogP contribution >= 0.6 is 11.6 Å². The lowest BCUT2D eigenvalue weighted by molar-refractivity contribution is 0.577. The van der Waals surface area contributed by atoms with Crippen molar-refractivity contribution < 1.29 is 4.42 Å². The normalized spacial score (nSPS) is 12.8. The zero-order chi connectivity index (χ0) is 18.4. The maximum atomic E-state index is 5.95. The molecule has 0 amide bonds. The van der Waals surface area contributed by atoms with E-state index in [0.29, 0.717) is 29.9 Å². The van der Waals surface area contributed by atoms with Gasteiger partial charge in [-0.3, -0.25) is 5.10 Å². The third kappa shape index (κ3) is 4.64. The second-order valence-electron chi connectivity index (χ2n) is 5.70. The quantitative estimate of drug-likeness (QED) is 0.454. The molecule has 3 aromatic rings. The van der Waals surface area contributed by atoms with Crippen molar-refractivity contribution in [1.82, 2.24) is 25.8 Å². The van der Waals surface area contributed by atoms with Crippen LogP contribution in [-0.2, 0) is 6.54 Å². The lowest BCUT2D eigenvalue weighted by Crippen LogP contribution is -2.38. The van der Waals surface area contributed by atoms with Crippen molar-refractivity contribution in [2.75, 3.05) is 6.54 Å². The summed E-state index contributed by atoms with van der Waals surface area (Å²) in [5.74, 6) is 2.50. The summed E-state index contributed by atoms with van der Waals surface area (Å²) in [4.78, 5) is 8.96. The van der Waals surface area contributed by atoms with Gasteiger partial charge in [-0.15, -0.1) is 5.10 Å². The molecule has 1 unspecified atom stereocenters. The fourth-order valence-electron chi connectivity index (χ4n) is 2.40. The molecule has 3 N–H and O–H groups in total. The van der Waals surface area contributed by atoms with Gasteiger partial charge in [0.1, 0.15) is 12.4 Å². The van der Waals surface area contributed by atoms with Gasteiger partial charge in [0.05, 0.1) is 12.3 Å². The second kappa shape index (κ2) is 8.53. The van der Waals surface area contributed by atoms with Crippen molar-refractivity contribution in [1.29, 1.82) is 0 Å². The molecule has 0 saturated carbocycles. The summed E-state index contributed by atoms with van der Waals surface area (Å²) >= 11 is 5.95. The van der Waals surface area contributed by atoms with E-state index < -0.39 is 0 Å². The van der Waals surface area contributed by atoms with E-state index in [1.807, 2.05) is 37.3 Å². The molecular weight excluding hydrogens is 352 g/mol. The molecule has 3 rings (SSSR count). The van der Waals surface area contributed by atoms with Crippen LogP contribution in [0.1, 0.15) is 31.3 Å². The van der Waals surface area contributed by atoms with E-state index in [1.165, 1.54) is 0 Å². The smallest absolute Gasteiger partial charge is 0.216 e. The molecule has 0 bridgehead atoms. The SMILES string of the molecule is CCNC(=NCc1nc(-c2ccco2)n[nH]1)NC(C)c1ccc(Cl)cc1. The highest BCUT2D eigenvalue weighted by Gasteiger charge is 2.10. The van der Waals surface area contributed by atoms with Crippen molar-refractivity contribution in [3.05, 3.63) is 59.1 Å². The van der Waals surface area contributed by atoms with Gasteiger partial charge in [0.2, 0.25) is 5.82 Å². The Hall–Kier alpha value is -2.80. The summed E-state index contributed by atoms with van der Waals surface area (Å²) in [6.07, 6.45) is 1.59. The number of guanidine groups is 1. The molecule has 0 aliphatic carbocycles. The van der Waals surface area contributed by atoms with Crippen LogP contribution in [0.15, 0.2) is 52.1 Å². The van der Waals surface area contributed by atoms with Crippen LogP contribution < -0.4 is 10.6 Å². The maximum Gasteiger partial charge on any atom is 0.216 e. The van der Waals surface area contributed by atoms with Gasteiger partial charge in [0.25, 0.3) is 0 Å². The largest absolute Gasteiger partial charge is 0.461 e. The van der Waals surface area contributed by atoms with Crippen LogP contribution in [-0.4, -0.2) is 27.7 Å². The summed E-state index contributed by atoms with van der Waals surface area (Å²) in [6, 6.07) is 11.4. The molecule has 0 aliphatic heterocycles. The molecule has 136 valence electrons.